The molecule has 0 bridgehead atoms. The minimum Gasteiger partial charge on any atom is -0.463 e. The lowest BCUT2D eigenvalue weighted by atomic mass is 10.4. The van der Waals surface area contributed by atoms with Crippen LogP contribution in [0.1, 0.15) is 13.3 Å². The van der Waals surface area contributed by atoms with E-state index in [0.717, 1.165) is 18.6 Å². The van der Waals surface area contributed by atoms with E-state index in [4.69, 9.17) is 10.5 Å². The van der Waals surface area contributed by atoms with Crippen molar-refractivity contribution in [2.75, 3.05) is 19.7 Å². The number of esters is 1. The molecule has 0 saturated heterocycles. The fraction of sp³-hybridized carbons (Fsp3) is 0.556. The van der Waals surface area contributed by atoms with Crippen molar-refractivity contribution in [1.82, 2.24) is 5.32 Å². The van der Waals surface area contributed by atoms with Gasteiger partial charge in [-0.1, -0.05) is 6.92 Å². The predicted octanol–water partition coefficient (Wildman–Crippen LogP) is -0.429. The number of amides is 1. The van der Waals surface area contributed by atoms with Crippen molar-refractivity contribution in [1.29, 1.82) is 0 Å². The lowest BCUT2D eigenvalue weighted by Crippen LogP contribution is -2.27. The van der Waals surface area contributed by atoms with Gasteiger partial charge in [-0.2, -0.15) is 0 Å². The fourth-order valence-electron chi connectivity index (χ4n) is 0.649. The number of ether oxygens (including phenoxy) is 1. The summed E-state index contributed by atoms with van der Waals surface area (Å²) in [6.07, 6.45) is 2.99. The van der Waals surface area contributed by atoms with E-state index in [1.807, 2.05) is 6.92 Å². The average Bonchev–Trinajstić information content (AvgIpc) is 2.20. The van der Waals surface area contributed by atoms with Gasteiger partial charge in [0.1, 0.15) is 0 Å². The van der Waals surface area contributed by atoms with E-state index >= 15 is 0 Å². The lowest BCUT2D eigenvalue weighted by molar-refractivity contribution is -0.138. The van der Waals surface area contributed by atoms with Crippen LogP contribution in [0.4, 0.5) is 0 Å². The van der Waals surface area contributed by atoms with Gasteiger partial charge in [0, 0.05) is 25.2 Å². The van der Waals surface area contributed by atoms with Crippen LogP contribution >= 0.6 is 0 Å². The number of hydrogen-bond acceptors (Lipinski definition) is 4. The Bertz CT molecular complexity index is 192. The molecule has 14 heavy (non-hydrogen) atoms. The summed E-state index contributed by atoms with van der Waals surface area (Å²) in [6, 6.07) is 0. The number of carbonyl (C=O) groups is 2. The summed E-state index contributed by atoms with van der Waals surface area (Å²) >= 11 is 0. The number of carbonyl (C=O) groups excluding carboxylic acids is 2. The molecule has 0 aliphatic rings. The third-order valence-electron chi connectivity index (χ3n) is 1.26. The predicted molar refractivity (Wildman–Crippen MR) is 52.5 cm³/mol. The highest BCUT2D eigenvalue weighted by Crippen LogP contribution is 1.84. The molecule has 0 aliphatic carbocycles. The van der Waals surface area contributed by atoms with E-state index in [1.165, 1.54) is 0 Å². The minimum atomic E-state index is -0.505. The molecule has 0 spiro atoms. The smallest absolute Gasteiger partial charge is 0.330 e. The van der Waals surface area contributed by atoms with Gasteiger partial charge in [0.2, 0.25) is 5.91 Å². The first kappa shape index (κ1) is 12.6. The van der Waals surface area contributed by atoms with Crippen LogP contribution < -0.4 is 11.1 Å². The van der Waals surface area contributed by atoms with Crippen molar-refractivity contribution in [3.63, 3.8) is 0 Å². The summed E-state index contributed by atoms with van der Waals surface area (Å²) in [5.74, 6) is -0.848. The van der Waals surface area contributed by atoms with E-state index in [0.29, 0.717) is 19.7 Å². The molecule has 0 heterocycles. The van der Waals surface area contributed by atoms with Gasteiger partial charge in [-0.3, -0.25) is 4.79 Å². The van der Waals surface area contributed by atoms with Crippen molar-refractivity contribution in [2.24, 2.45) is 5.73 Å². The van der Waals surface area contributed by atoms with Crippen LogP contribution in [0.5, 0.6) is 0 Å². The van der Waals surface area contributed by atoms with E-state index in [9.17, 15) is 9.59 Å². The molecule has 0 aliphatic heterocycles. The molecule has 0 aromatic carbocycles. The molecule has 0 fully saturated rings. The SMILES string of the molecule is CCCOC(=O)/C=C\C(=O)NCCN. The number of hydrogen-bond donors (Lipinski definition) is 2. The highest BCUT2D eigenvalue weighted by atomic mass is 16.5. The van der Waals surface area contributed by atoms with E-state index in [1.54, 1.807) is 0 Å². The number of rotatable bonds is 6. The molecule has 1 amide bonds. The molecule has 0 aromatic rings. The first-order chi connectivity index (χ1) is 6.70. The second-order valence-electron chi connectivity index (χ2n) is 2.58. The molecular formula is C9H16N2O3. The lowest BCUT2D eigenvalue weighted by Gasteiger charge is -1.98. The normalized spacial score (nSPS) is 10.1. The molecule has 0 rings (SSSR count). The van der Waals surface area contributed by atoms with Crippen molar-refractivity contribution in [2.45, 2.75) is 13.3 Å². The van der Waals surface area contributed by atoms with Gasteiger partial charge in [-0.25, -0.2) is 4.79 Å². The van der Waals surface area contributed by atoms with Gasteiger partial charge < -0.3 is 15.8 Å². The monoisotopic (exact) mass is 200 g/mol. The van der Waals surface area contributed by atoms with Crippen LogP contribution in [-0.2, 0) is 14.3 Å². The van der Waals surface area contributed by atoms with E-state index < -0.39 is 5.97 Å². The molecule has 3 N–H and O–H groups in total. The Morgan fingerprint density at radius 2 is 2.14 bits per heavy atom. The third kappa shape index (κ3) is 7.30. The zero-order chi connectivity index (χ0) is 10.8. The molecular weight excluding hydrogens is 184 g/mol. The standard InChI is InChI=1S/C9H16N2O3/c1-2-7-14-9(13)4-3-8(12)11-6-5-10/h3-4H,2,5-7,10H2,1H3,(H,11,12)/b4-3-. The van der Waals surface area contributed by atoms with E-state index in [-0.39, 0.29) is 5.91 Å². The van der Waals surface area contributed by atoms with Crippen LogP contribution in [-0.4, -0.2) is 31.6 Å². The Kier molecular flexibility index (Phi) is 7.45. The van der Waals surface area contributed by atoms with Crippen LogP contribution in [0.25, 0.3) is 0 Å². The van der Waals surface area contributed by atoms with Gasteiger partial charge in [-0.15, -0.1) is 0 Å². The van der Waals surface area contributed by atoms with Crippen molar-refractivity contribution in [3.05, 3.63) is 12.2 Å². The zero-order valence-corrected chi connectivity index (χ0v) is 8.29. The summed E-state index contributed by atoms with van der Waals surface area (Å²) in [5, 5.41) is 2.49. The fourth-order valence-corrected chi connectivity index (χ4v) is 0.649. The number of nitrogens with one attached hydrogen (secondary N) is 1. The van der Waals surface area contributed by atoms with E-state index in [2.05, 4.69) is 5.32 Å². The average molecular weight is 200 g/mol. The van der Waals surface area contributed by atoms with Crippen LogP contribution in [0.2, 0.25) is 0 Å². The summed E-state index contributed by atoms with van der Waals surface area (Å²) in [6.45, 7) is 3.03. The van der Waals surface area contributed by atoms with Gasteiger partial charge in [-0.05, 0) is 6.42 Å². The Labute approximate surface area is 83.3 Å². The summed E-state index contributed by atoms with van der Waals surface area (Å²) in [7, 11) is 0. The Morgan fingerprint density at radius 3 is 2.71 bits per heavy atom. The van der Waals surface area contributed by atoms with Crippen LogP contribution in [0, 0.1) is 0 Å². The van der Waals surface area contributed by atoms with Crippen LogP contribution in [0.15, 0.2) is 12.2 Å². The second kappa shape index (κ2) is 8.25. The Hall–Kier alpha value is -1.36. The minimum absolute atomic E-state index is 0.344. The van der Waals surface area contributed by atoms with Gasteiger partial charge >= 0.3 is 5.97 Å². The maximum atomic E-state index is 10.9. The Morgan fingerprint density at radius 1 is 1.43 bits per heavy atom. The first-order valence-corrected chi connectivity index (χ1v) is 4.53. The molecule has 5 nitrogen and oxygen atoms in total. The summed E-state index contributed by atoms with van der Waals surface area (Å²) in [5.41, 5.74) is 5.17. The zero-order valence-electron chi connectivity index (χ0n) is 8.29. The maximum absolute atomic E-state index is 10.9. The Balaban J connectivity index is 3.68. The van der Waals surface area contributed by atoms with Crippen molar-refractivity contribution < 1.29 is 14.3 Å². The first-order valence-electron chi connectivity index (χ1n) is 4.53. The highest BCUT2D eigenvalue weighted by molar-refractivity contribution is 5.94. The van der Waals surface area contributed by atoms with Crippen LogP contribution in [0.3, 0.4) is 0 Å². The largest absolute Gasteiger partial charge is 0.463 e. The molecule has 5 heteroatoms. The highest BCUT2D eigenvalue weighted by Gasteiger charge is 1.97. The summed E-state index contributed by atoms with van der Waals surface area (Å²) < 4.78 is 4.72. The van der Waals surface area contributed by atoms with Gasteiger partial charge in [0.15, 0.2) is 0 Å². The maximum Gasteiger partial charge on any atom is 0.330 e. The molecule has 0 radical (unpaired) electrons. The molecule has 80 valence electrons. The number of nitrogens with two attached hydrogens (primary N) is 1. The molecule has 0 unspecified atom stereocenters. The van der Waals surface area contributed by atoms with Gasteiger partial charge in [0.25, 0.3) is 0 Å². The van der Waals surface area contributed by atoms with Gasteiger partial charge in [0.05, 0.1) is 6.61 Å². The van der Waals surface area contributed by atoms with Crippen molar-refractivity contribution >= 4 is 11.9 Å². The molecule has 0 atom stereocenters. The third-order valence-corrected chi connectivity index (χ3v) is 1.26. The topological polar surface area (TPSA) is 81.4 Å². The second-order valence-corrected chi connectivity index (χ2v) is 2.58. The molecule has 0 saturated carbocycles. The molecule has 0 aromatic heterocycles. The quantitative estimate of drug-likeness (QED) is 0.450. The summed E-state index contributed by atoms with van der Waals surface area (Å²) in [4.78, 5) is 21.8. The van der Waals surface area contributed by atoms with Crippen molar-refractivity contribution in [3.8, 4) is 0 Å².